The minimum absolute atomic E-state index is 0.377. The van der Waals surface area contributed by atoms with Crippen molar-refractivity contribution in [2.75, 3.05) is 6.54 Å². The fraction of sp³-hybridized carbons (Fsp3) is 0.364. The molecule has 0 unspecified atom stereocenters. The van der Waals surface area contributed by atoms with Crippen molar-refractivity contribution in [2.45, 2.75) is 19.5 Å². The third-order valence-electron chi connectivity index (χ3n) is 2.58. The van der Waals surface area contributed by atoms with E-state index in [0.29, 0.717) is 29.8 Å². The number of halogens is 3. The maximum absolute atomic E-state index is 12.7. The van der Waals surface area contributed by atoms with E-state index in [0.717, 1.165) is 6.07 Å². The minimum Gasteiger partial charge on any atom is -0.289 e. The summed E-state index contributed by atoms with van der Waals surface area (Å²) in [6.07, 6.45) is -3.88. The fourth-order valence-electron chi connectivity index (χ4n) is 1.88. The molecule has 0 amide bonds. The molecule has 1 aromatic carbocycles. The Balaban J connectivity index is 2.61. The lowest BCUT2D eigenvalue weighted by Gasteiger charge is -2.19. The first-order valence-corrected chi connectivity index (χ1v) is 4.70. The molecule has 2 rings (SSSR count). The van der Waals surface area contributed by atoms with Gasteiger partial charge in [-0.2, -0.15) is 13.2 Å². The Labute approximate surface area is 85.6 Å². The van der Waals surface area contributed by atoms with Crippen LogP contribution in [-0.4, -0.2) is 12.3 Å². The number of fused-ring (bicyclic) bond motifs is 1. The number of alkyl halides is 3. The molecule has 0 fully saturated rings. The van der Waals surface area contributed by atoms with Crippen molar-refractivity contribution in [1.82, 2.24) is 0 Å². The normalized spacial score (nSPS) is 15.9. The van der Waals surface area contributed by atoms with Gasteiger partial charge in [-0.25, -0.2) is 0 Å². The van der Waals surface area contributed by atoms with Gasteiger partial charge in [0, 0.05) is 12.3 Å². The van der Waals surface area contributed by atoms with Gasteiger partial charge in [-0.1, -0.05) is 12.1 Å². The van der Waals surface area contributed by atoms with Crippen molar-refractivity contribution in [2.24, 2.45) is 4.99 Å². The highest BCUT2D eigenvalue weighted by molar-refractivity contribution is 6.01. The van der Waals surface area contributed by atoms with Crippen molar-refractivity contribution in [3.8, 4) is 0 Å². The predicted octanol–water partition coefficient (Wildman–Crippen LogP) is 3.07. The average molecular weight is 213 g/mol. The molecule has 0 N–H and O–H groups in total. The van der Waals surface area contributed by atoms with Crippen LogP contribution in [0.5, 0.6) is 0 Å². The summed E-state index contributed by atoms with van der Waals surface area (Å²) in [6.45, 7) is 2.20. The first-order chi connectivity index (χ1) is 7.00. The molecule has 1 heterocycles. The lowest BCUT2D eigenvalue weighted by Crippen LogP contribution is -2.17. The topological polar surface area (TPSA) is 12.4 Å². The zero-order valence-corrected chi connectivity index (χ0v) is 8.23. The van der Waals surface area contributed by atoms with Gasteiger partial charge in [0.1, 0.15) is 0 Å². The van der Waals surface area contributed by atoms with Crippen molar-refractivity contribution >= 4 is 5.71 Å². The van der Waals surface area contributed by atoms with Crippen molar-refractivity contribution in [3.05, 3.63) is 34.9 Å². The van der Waals surface area contributed by atoms with Gasteiger partial charge in [-0.3, -0.25) is 4.99 Å². The smallest absolute Gasteiger partial charge is 0.289 e. The Morgan fingerprint density at radius 3 is 2.67 bits per heavy atom. The van der Waals surface area contributed by atoms with Gasteiger partial charge in [-0.15, -0.1) is 0 Å². The number of hydrogen-bond donors (Lipinski definition) is 0. The highest BCUT2D eigenvalue weighted by atomic mass is 19.4. The van der Waals surface area contributed by atoms with Gasteiger partial charge in [-0.05, 0) is 30.5 Å². The first kappa shape index (κ1) is 10.2. The van der Waals surface area contributed by atoms with E-state index in [1.807, 2.05) is 0 Å². The summed E-state index contributed by atoms with van der Waals surface area (Å²) >= 11 is 0. The molecule has 1 aromatic rings. The van der Waals surface area contributed by atoms with Crippen molar-refractivity contribution < 1.29 is 13.2 Å². The van der Waals surface area contributed by atoms with Crippen LogP contribution in [0.4, 0.5) is 13.2 Å². The molecule has 0 aromatic heterocycles. The van der Waals surface area contributed by atoms with Gasteiger partial charge in [0.05, 0.1) is 5.56 Å². The average Bonchev–Trinajstić information content (AvgIpc) is 2.16. The molecule has 0 spiro atoms. The second-order valence-corrected chi connectivity index (χ2v) is 3.55. The second kappa shape index (κ2) is 3.36. The highest BCUT2D eigenvalue weighted by Crippen LogP contribution is 2.34. The van der Waals surface area contributed by atoms with Crippen LogP contribution in [0.3, 0.4) is 0 Å². The maximum atomic E-state index is 12.7. The van der Waals surface area contributed by atoms with Crippen LogP contribution < -0.4 is 0 Å². The van der Waals surface area contributed by atoms with E-state index < -0.39 is 11.7 Å². The van der Waals surface area contributed by atoms with Crippen LogP contribution >= 0.6 is 0 Å². The second-order valence-electron chi connectivity index (χ2n) is 3.55. The van der Waals surface area contributed by atoms with Gasteiger partial charge in [0.15, 0.2) is 0 Å². The lowest BCUT2D eigenvalue weighted by atomic mass is 9.93. The maximum Gasteiger partial charge on any atom is 0.416 e. The van der Waals surface area contributed by atoms with Crippen LogP contribution in [0.25, 0.3) is 0 Å². The number of benzene rings is 1. The number of rotatable bonds is 0. The third-order valence-corrected chi connectivity index (χ3v) is 2.58. The minimum atomic E-state index is -4.26. The van der Waals surface area contributed by atoms with Gasteiger partial charge in [0.2, 0.25) is 0 Å². The van der Waals surface area contributed by atoms with Crippen LogP contribution in [0, 0.1) is 0 Å². The number of hydrogen-bond acceptors (Lipinski definition) is 1. The fourth-order valence-corrected chi connectivity index (χ4v) is 1.88. The van der Waals surface area contributed by atoms with Gasteiger partial charge >= 0.3 is 6.18 Å². The lowest BCUT2D eigenvalue weighted by molar-refractivity contribution is -0.138. The van der Waals surface area contributed by atoms with Crippen LogP contribution in [0.2, 0.25) is 0 Å². The van der Waals surface area contributed by atoms with Crippen molar-refractivity contribution in [1.29, 1.82) is 0 Å². The molecule has 0 saturated heterocycles. The highest BCUT2D eigenvalue weighted by Gasteiger charge is 2.34. The summed E-state index contributed by atoms with van der Waals surface area (Å²) in [5, 5.41) is 0. The van der Waals surface area contributed by atoms with E-state index in [9.17, 15) is 13.2 Å². The molecule has 80 valence electrons. The summed E-state index contributed by atoms with van der Waals surface area (Å²) in [5.41, 5.74) is 1.20. The Bertz CT molecular complexity index is 418. The molecule has 15 heavy (non-hydrogen) atoms. The largest absolute Gasteiger partial charge is 0.416 e. The van der Waals surface area contributed by atoms with Gasteiger partial charge in [0.25, 0.3) is 0 Å². The predicted molar refractivity (Wildman–Crippen MR) is 52.2 cm³/mol. The van der Waals surface area contributed by atoms with E-state index in [1.165, 1.54) is 6.07 Å². The number of nitrogens with zero attached hydrogens (tertiary/aromatic N) is 1. The summed E-state index contributed by atoms with van der Waals surface area (Å²) < 4.78 is 38.0. The SMILES string of the molecule is CC1=NCCc2c1cccc2C(F)(F)F. The molecule has 0 saturated carbocycles. The van der Waals surface area contributed by atoms with Gasteiger partial charge < -0.3 is 0 Å². The Morgan fingerprint density at radius 2 is 2.00 bits per heavy atom. The van der Waals surface area contributed by atoms with E-state index >= 15 is 0 Å². The molecular weight excluding hydrogens is 203 g/mol. The zero-order chi connectivity index (χ0) is 11.1. The summed E-state index contributed by atoms with van der Waals surface area (Å²) in [6, 6.07) is 4.27. The molecule has 0 aliphatic carbocycles. The standard InChI is InChI=1S/C11H10F3N/c1-7-8-3-2-4-10(11(12,13)14)9(8)5-6-15-7/h2-4H,5-6H2,1H3. The number of aliphatic imine (C=N–C) groups is 1. The van der Waals surface area contributed by atoms with E-state index in [-0.39, 0.29) is 0 Å². The Kier molecular flexibility index (Phi) is 2.29. The molecule has 0 radical (unpaired) electrons. The molecular formula is C11H10F3N. The molecule has 1 aliphatic rings. The summed E-state index contributed by atoms with van der Waals surface area (Å²) in [5.74, 6) is 0. The quantitative estimate of drug-likeness (QED) is 0.628. The molecule has 0 atom stereocenters. The summed E-state index contributed by atoms with van der Waals surface area (Å²) in [4.78, 5) is 4.14. The zero-order valence-electron chi connectivity index (χ0n) is 8.23. The van der Waals surface area contributed by atoms with E-state index in [2.05, 4.69) is 4.99 Å². The molecule has 1 aliphatic heterocycles. The molecule has 4 heteroatoms. The first-order valence-electron chi connectivity index (χ1n) is 4.70. The van der Waals surface area contributed by atoms with Crippen molar-refractivity contribution in [3.63, 3.8) is 0 Å². The Morgan fingerprint density at radius 1 is 1.27 bits per heavy atom. The van der Waals surface area contributed by atoms with E-state index in [4.69, 9.17) is 0 Å². The molecule has 1 nitrogen and oxygen atoms in total. The third kappa shape index (κ3) is 1.76. The monoisotopic (exact) mass is 213 g/mol. The summed E-state index contributed by atoms with van der Waals surface area (Å²) in [7, 11) is 0. The molecule has 0 bridgehead atoms. The van der Waals surface area contributed by atoms with Crippen LogP contribution in [0.15, 0.2) is 23.2 Å². The van der Waals surface area contributed by atoms with E-state index in [1.54, 1.807) is 13.0 Å². The van der Waals surface area contributed by atoms with Crippen LogP contribution in [-0.2, 0) is 12.6 Å². The van der Waals surface area contributed by atoms with Crippen LogP contribution in [0.1, 0.15) is 23.6 Å². The Hall–Kier alpha value is -1.32.